The summed E-state index contributed by atoms with van der Waals surface area (Å²) in [6.45, 7) is 0.544. The van der Waals surface area contributed by atoms with Crippen LogP contribution in [0.5, 0.6) is 0 Å². The molecule has 0 saturated carbocycles. The molecule has 0 bridgehead atoms. The fourth-order valence-corrected chi connectivity index (χ4v) is 1.80. The first-order valence-corrected chi connectivity index (χ1v) is 5.78. The van der Waals surface area contributed by atoms with Crippen molar-refractivity contribution in [1.82, 2.24) is 0 Å². The van der Waals surface area contributed by atoms with Crippen LogP contribution in [0.3, 0.4) is 0 Å². The van der Waals surface area contributed by atoms with Gasteiger partial charge in [-0.25, -0.2) is 4.99 Å². The number of aliphatic imine (C=N–C) groups is 1. The van der Waals surface area contributed by atoms with Crippen LogP contribution < -0.4 is 0 Å². The zero-order chi connectivity index (χ0) is 9.90. The van der Waals surface area contributed by atoms with E-state index < -0.39 is 16.2 Å². The van der Waals surface area contributed by atoms with Gasteiger partial charge >= 0.3 is 0 Å². The van der Waals surface area contributed by atoms with Gasteiger partial charge in [0.05, 0.1) is 24.6 Å². The molecule has 0 aromatic heterocycles. The number of nitrogens with zero attached hydrogens (tertiary/aromatic N) is 1. The molecule has 0 aromatic carbocycles. The van der Waals surface area contributed by atoms with E-state index in [0.29, 0.717) is 6.61 Å². The van der Waals surface area contributed by atoms with Gasteiger partial charge in [-0.15, -0.1) is 0 Å². The summed E-state index contributed by atoms with van der Waals surface area (Å²) in [7, 11) is -3.46. The van der Waals surface area contributed by atoms with Gasteiger partial charge in [-0.05, 0) is 12.2 Å². The first kappa shape index (κ1) is 10.7. The minimum absolute atomic E-state index is 0.220. The number of rotatable bonds is 3. The summed E-state index contributed by atoms with van der Waals surface area (Å²) in [5, 5.41) is 2.18. The summed E-state index contributed by atoms with van der Waals surface area (Å²) < 4.78 is 31.3. The topological polar surface area (TPSA) is 65.0 Å². The molecule has 13 heavy (non-hydrogen) atoms. The molecule has 5 nitrogen and oxygen atoms in total. The molecule has 1 rings (SSSR count). The highest BCUT2D eigenvalue weighted by Gasteiger charge is 2.31. The van der Waals surface area contributed by atoms with Gasteiger partial charge in [-0.1, -0.05) is 0 Å². The van der Waals surface area contributed by atoms with Crippen molar-refractivity contribution in [3.63, 3.8) is 0 Å². The standard InChI is InChI=1S/C6H9NO4S2/c1-13(8,9)11-6-3-10-2-5(6)7-4-12/h5-6H,2-3H2,1H3. The molecule has 1 aliphatic rings. The number of isothiocyanates is 1. The van der Waals surface area contributed by atoms with Crippen molar-refractivity contribution in [2.75, 3.05) is 19.5 Å². The number of hydrogen-bond acceptors (Lipinski definition) is 6. The average Bonchev–Trinajstić information content (AvgIpc) is 2.34. The Morgan fingerprint density at radius 3 is 2.85 bits per heavy atom. The number of ether oxygens (including phenoxy) is 1. The highest BCUT2D eigenvalue weighted by molar-refractivity contribution is 7.86. The van der Waals surface area contributed by atoms with Gasteiger partial charge in [0.15, 0.2) is 0 Å². The quantitative estimate of drug-likeness (QED) is 0.377. The van der Waals surface area contributed by atoms with E-state index in [9.17, 15) is 8.42 Å². The summed E-state index contributed by atoms with van der Waals surface area (Å²) in [5.41, 5.74) is 0. The molecule has 1 aliphatic heterocycles. The van der Waals surface area contributed by atoms with Crippen LogP contribution in [-0.4, -0.2) is 45.2 Å². The molecule has 1 fully saturated rings. The van der Waals surface area contributed by atoms with Crippen LogP contribution in [0.1, 0.15) is 0 Å². The molecular formula is C6H9NO4S2. The summed E-state index contributed by atoms with van der Waals surface area (Å²) in [6, 6.07) is -0.354. The van der Waals surface area contributed by atoms with E-state index in [4.69, 9.17) is 8.92 Å². The Bertz CT molecular complexity index is 320. The second kappa shape index (κ2) is 4.26. The maximum atomic E-state index is 10.8. The van der Waals surface area contributed by atoms with Gasteiger partial charge in [0.1, 0.15) is 12.1 Å². The van der Waals surface area contributed by atoms with Gasteiger partial charge in [0.25, 0.3) is 10.1 Å². The molecule has 7 heteroatoms. The van der Waals surface area contributed by atoms with Crippen molar-refractivity contribution < 1.29 is 17.3 Å². The second-order valence-electron chi connectivity index (χ2n) is 2.66. The van der Waals surface area contributed by atoms with E-state index >= 15 is 0 Å². The highest BCUT2D eigenvalue weighted by atomic mass is 32.2. The summed E-state index contributed by atoms with van der Waals surface area (Å²) in [6.07, 6.45) is 0.425. The largest absolute Gasteiger partial charge is 0.376 e. The number of thiocarbonyl (C=S) groups is 1. The van der Waals surface area contributed by atoms with Gasteiger partial charge in [-0.2, -0.15) is 8.42 Å². The van der Waals surface area contributed by atoms with Crippen LogP contribution in [0.2, 0.25) is 0 Å². The molecule has 74 valence electrons. The number of hydrogen-bond donors (Lipinski definition) is 0. The highest BCUT2D eigenvalue weighted by Crippen LogP contribution is 2.14. The average molecular weight is 223 g/mol. The van der Waals surface area contributed by atoms with Gasteiger partial charge in [-0.3, -0.25) is 4.18 Å². The van der Waals surface area contributed by atoms with Crippen LogP contribution in [-0.2, 0) is 19.0 Å². The first-order valence-electron chi connectivity index (χ1n) is 3.56. The van der Waals surface area contributed by atoms with Gasteiger partial charge < -0.3 is 4.74 Å². The van der Waals surface area contributed by atoms with Crippen molar-refractivity contribution in [2.24, 2.45) is 4.99 Å². The fraction of sp³-hybridized carbons (Fsp3) is 0.833. The molecule has 1 saturated heterocycles. The van der Waals surface area contributed by atoms with Crippen LogP contribution in [0, 0.1) is 0 Å². The lowest BCUT2D eigenvalue weighted by Crippen LogP contribution is -2.28. The van der Waals surface area contributed by atoms with Crippen molar-refractivity contribution in [3.8, 4) is 0 Å². The summed E-state index contributed by atoms with van der Waals surface area (Å²) in [5.74, 6) is 0. The molecule has 0 spiro atoms. The predicted molar refractivity (Wildman–Crippen MR) is 49.3 cm³/mol. The maximum Gasteiger partial charge on any atom is 0.264 e. The Hall–Kier alpha value is -0.330. The molecule has 0 amide bonds. The predicted octanol–water partition coefficient (Wildman–Crippen LogP) is -0.167. The normalized spacial score (nSPS) is 28.4. The van der Waals surface area contributed by atoms with E-state index in [1.54, 1.807) is 0 Å². The second-order valence-corrected chi connectivity index (χ2v) is 4.45. The molecule has 1 heterocycles. The third kappa shape index (κ3) is 3.50. The van der Waals surface area contributed by atoms with E-state index in [1.807, 2.05) is 0 Å². The third-order valence-electron chi connectivity index (χ3n) is 1.52. The monoisotopic (exact) mass is 223 g/mol. The van der Waals surface area contributed by atoms with Crippen LogP contribution in [0.25, 0.3) is 0 Å². The minimum atomic E-state index is -3.46. The molecule has 2 atom stereocenters. The summed E-state index contributed by atoms with van der Waals surface area (Å²) in [4.78, 5) is 3.74. The van der Waals surface area contributed by atoms with Crippen molar-refractivity contribution in [1.29, 1.82) is 0 Å². The zero-order valence-corrected chi connectivity index (χ0v) is 8.60. The van der Waals surface area contributed by atoms with E-state index in [2.05, 4.69) is 22.4 Å². The SMILES string of the molecule is CS(=O)(=O)OC1COCC1N=C=S. The lowest BCUT2D eigenvalue weighted by atomic mass is 10.2. The Morgan fingerprint density at radius 2 is 2.31 bits per heavy atom. The zero-order valence-electron chi connectivity index (χ0n) is 6.97. The Kier molecular flexibility index (Phi) is 3.52. The van der Waals surface area contributed by atoms with E-state index in [-0.39, 0.29) is 12.6 Å². The Balaban J connectivity index is 2.64. The molecule has 2 unspecified atom stereocenters. The van der Waals surface area contributed by atoms with Crippen LogP contribution in [0.15, 0.2) is 4.99 Å². The molecule has 0 N–H and O–H groups in total. The van der Waals surface area contributed by atoms with Crippen LogP contribution >= 0.6 is 12.2 Å². The Labute approximate surface area is 81.9 Å². The third-order valence-corrected chi connectivity index (χ3v) is 2.22. The lowest BCUT2D eigenvalue weighted by molar-refractivity contribution is 0.145. The van der Waals surface area contributed by atoms with Crippen molar-refractivity contribution in [3.05, 3.63) is 0 Å². The molecule has 0 radical (unpaired) electrons. The first-order chi connectivity index (χ1) is 6.03. The minimum Gasteiger partial charge on any atom is -0.376 e. The maximum absolute atomic E-state index is 10.8. The van der Waals surface area contributed by atoms with Gasteiger partial charge in [0, 0.05) is 0 Å². The Morgan fingerprint density at radius 1 is 1.62 bits per heavy atom. The van der Waals surface area contributed by atoms with E-state index in [1.165, 1.54) is 0 Å². The van der Waals surface area contributed by atoms with Crippen LogP contribution in [0.4, 0.5) is 0 Å². The van der Waals surface area contributed by atoms with Crippen molar-refractivity contribution in [2.45, 2.75) is 12.1 Å². The molecular weight excluding hydrogens is 214 g/mol. The lowest BCUT2D eigenvalue weighted by Gasteiger charge is -2.10. The van der Waals surface area contributed by atoms with Gasteiger partial charge in [0.2, 0.25) is 0 Å². The molecule has 0 aromatic rings. The molecule has 0 aliphatic carbocycles. The summed E-state index contributed by atoms with van der Waals surface area (Å²) >= 11 is 4.41. The smallest absolute Gasteiger partial charge is 0.264 e. The fourth-order valence-electron chi connectivity index (χ4n) is 1.03. The van der Waals surface area contributed by atoms with E-state index in [0.717, 1.165) is 6.26 Å². The van der Waals surface area contributed by atoms with Crippen molar-refractivity contribution >= 4 is 27.5 Å².